The van der Waals surface area contributed by atoms with Gasteiger partial charge in [-0.25, -0.2) is 14.4 Å². The fraction of sp³-hybridized carbons (Fsp3) is 0.304. The number of nitrogens with two attached hydrogens (primary N) is 1. The molecule has 162 valence electrons. The number of hydrogen-bond acceptors (Lipinski definition) is 7. The summed E-state index contributed by atoms with van der Waals surface area (Å²) >= 11 is 1.34. The highest BCUT2D eigenvalue weighted by atomic mass is 32.1. The second kappa shape index (κ2) is 8.20. The van der Waals surface area contributed by atoms with Crippen LogP contribution in [0.5, 0.6) is 0 Å². The molecule has 0 bridgehead atoms. The van der Waals surface area contributed by atoms with Crippen molar-refractivity contribution < 1.29 is 9.18 Å². The number of halogens is 1. The van der Waals surface area contributed by atoms with Crippen molar-refractivity contribution in [2.24, 2.45) is 0 Å². The lowest BCUT2D eigenvalue weighted by Crippen LogP contribution is -2.37. The van der Waals surface area contributed by atoms with Crippen LogP contribution in [0, 0.1) is 11.3 Å². The van der Waals surface area contributed by atoms with Crippen LogP contribution in [0.25, 0.3) is 10.6 Å². The molecule has 0 unspecified atom stereocenters. The first-order valence-electron chi connectivity index (χ1n) is 10.5. The van der Waals surface area contributed by atoms with Crippen molar-refractivity contribution in [3.63, 3.8) is 0 Å². The van der Waals surface area contributed by atoms with Gasteiger partial charge in [-0.05, 0) is 43.2 Å². The van der Waals surface area contributed by atoms with E-state index < -0.39 is 6.17 Å². The van der Waals surface area contributed by atoms with Gasteiger partial charge in [0.2, 0.25) is 0 Å². The summed E-state index contributed by atoms with van der Waals surface area (Å²) in [4.78, 5) is 26.6. The van der Waals surface area contributed by atoms with Gasteiger partial charge in [-0.3, -0.25) is 4.79 Å². The molecule has 2 N–H and O–H groups in total. The number of pyridine rings is 1. The van der Waals surface area contributed by atoms with Crippen LogP contribution in [0.4, 0.5) is 21.6 Å². The number of carbonyl (C=O) groups is 1. The molecular weight excluding hydrogens is 427 g/mol. The van der Waals surface area contributed by atoms with Crippen LogP contribution >= 0.6 is 11.3 Å². The Kier molecular flexibility index (Phi) is 5.23. The average molecular weight is 449 g/mol. The minimum atomic E-state index is -0.810. The smallest absolute Gasteiger partial charge is 0.270 e. The maximum atomic E-state index is 13.7. The molecule has 5 rings (SSSR count). The van der Waals surface area contributed by atoms with Crippen LogP contribution in [0.3, 0.4) is 0 Å². The predicted molar refractivity (Wildman–Crippen MR) is 123 cm³/mol. The van der Waals surface area contributed by atoms with E-state index in [4.69, 9.17) is 5.73 Å². The molecule has 1 saturated heterocycles. The van der Waals surface area contributed by atoms with Crippen molar-refractivity contribution in [1.29, 1.82) is 5.26 Å². The third kappa shape index (κ3) is 3.67. The molecule has 2 aromatic heterocycles. The number of carbonyl (C=O) groups excluding carboxylic acids is 1. The van der Waals surface area contributed by atoms with E-state index in [0.29, 0.717) is 47.7 Å². The van der Waals surface area contributed by atoms with Gasteiger partial charge in [0.25, 0.3) is 5.91 Å². The number of nitrogens with zero attached hydrogens (tertiary/aromatic N) is 5. The standard InChI is InChI=1S/C23H21FN6OS/c24-16-2-1-8-29(13-16)20-6-3-14(12-27-20)22-28-19-7-9-30(23(31)21(19)32-22)17-4-5-18(26)15(10-17)11-25/h3-6,10,12,16H,1-2,7-9,13,26H2/t16-/m0/s1. The molecule has 1 fully saturated rings. The highest BCUT2D eigenvalue weighted by molar-refractivity contribution is 7.17. The number of aromatic nitrogens is 2. The molecule has 0 saturated carbocycles. The van der Waals surface area contributed by atoms with E-state index >= 15 is 0 Å². The summed E-state index contributed by atoms with van der Waals surface area (Å²) in [6.45, 7) is 1.67. The van der Waals surface area contributed by atoms with Crippen LogP contribution in [-0.2, 0) is 6.42 Å². The monoisotopic (exact) mass is 448 g/mol. The number of benzene rings is 1. The van der Waals surface area contributed by atoms with E-state index in [0.717, 1.165) is 35.0 Å². The molecule has 1 aromatic carbocycles. The quantitative estimate of drug-likeness (QED) is 0.612. The Bertz CT molecular complexity index is 1220. The summed E-state index contributed by atoms with van der Waals surface area (Å²) in [5, 5.41) is 9.98. The fourth-order valence-corrected chi connectivity index (χ4v) is 5.19. The molecule has 2 aliphatic heterocycles. The lowest BCUT2D eigenvalue weighted by molar-refractivity contribution is 0.0984. The number of thiazole rings is 1. The fourth-order valence-electron chi connectivity index (χ4n) is 4.14. The molecule has 0 aliphatic carbocycles. The van der Waals surface area contributed by atoms with Crippen molar-refractivity contribution >= 4 is 34.4 Å². The van der Waals surface area contributed by atoms with Gasteiger partial charge in [0, 0.05) is 42.6 Å². The number of rotatable bonds is 3. The normalized spacial score (nSPS) is 18.4. The molecule has 1 atom stereocenters. The lowest BCUT2D eigenvalue weighted by Gasteiger charge is -2.29. The Hall–Kier alpha value is -3.51. The van der Waals surface area contributed by atoms with Crippen molar-refractivity contribution in [2.45, 2.75) is 25.4 Å². The Balaban J connectivity index is 1.38. The topological polar surface area (TPSA) is 99.1 Å². The van der Waals surface area contributed by atoms with Gasteiger partial charge in [-0.15, -0.1) is 11.3 Å². The number of nitrogen functional groups attached to an aromatic ring is 1. The first kappa shape index (κ1) is 20.4. The zero-order valence-corrected chi connectivity index (χ0v) is 18.1. The maximum Gasteiger partial charge on any atom is 0.270 e. The van der Waals surface area contributed by atoms with E-state index in [-0.39, 0.29) is 5.91 Å². The molecule has 4 heterocycles. The first-order chi connectivity index (χ1) is 15.5. The summed E-state index contributed by atoms with van der Waals surface area (Å²) in [5.74, 6) is 0.631. The Morgan fingerprint density at radius 2 is 2.12 bits per heavy atom. The summed E-state index contributed by atoms with van der Waals surface area (Å²) in [5.41, 5.74) is 8.82. The SMILES string of the molecule is N#Cc1cc(N2CCc3nc(-c4ccc(N5CCC[C@H](F)C5)nc4)sc3C2=O)ccc1N. The van der Waals surface area contributed by atoms with Gasteiger partial charge in [0.1, 0.15) is 27.9 Å². The lowest BCUT2D eigenvalue weighted by atomic mass is 10.1. The first-order valence-corrected chi connectivity index (χ1v) is 11.3. The van der Waals surface area contributed by atoms with Crippen LogP contribution in [0.2, 0.25) is 0 Å². The van der Waals surface area contributed by atoms with Crippen LogP contribution in [-0.4, -0.2) is 41.7 Å². The number of hydrogen-bond donors (Lipinski definition) is 1. The van der Waals surface area contributed by atoms with Crippen LogP contribution < -0.4 is 15.5 Å². The number of anilines is 3. The summed E-state index contributed by atoms with van der Waals surface area (Å²) in [7, 11) is 0. The highest BCUT2D eigenvalue weighted by Crippen LogP contribution is 2.34. The van der Waals surface area contributed by atoms with E-state index in [1.165, 1.54) is 11.3 Å². The second-order valence-electron chi connectivity index (χ2n) is 7.98. The molecule has 1 amide bonds. The Morgan fingerprint density at radius 3 is 2.88 bits per heavy atom. The van der Waals surface area contributed by atoms with E-state index in [1.807, 2.05) is 17.0 Å². The Labute approximate surface area is 188 Å². The molecule has 3 aromatic rings. The zero-order valence-electron chi connectivity index (χ0n) is 17.3. The summed E-state index contributed by atoms with van der Waals surface area (Å²) in [6.07, 6.45) is 2.99. The third-order valence-corrected chi connectivity index (χ3v) is 7.00. The maximum absolute atomic E-state index is 13.7. The van der Waals surface area contributed by atoms with E-state index in [2.05, 4.69) is 16.0 Å². The van der Waals surface area contributed by atoms with Crippen molar-refractivity contribution in [3.8, 4) is 16.6 Å². The zero-order chi connectivity index (χ0) is 22.2. The second-order valence-corrected chi connectivity index (χ2v) is 8.97. The summed E-state index contributed by atoms with van der Waals surface area (Å²) in [6, 6.07) is 10.9. The van der Waals surface area contributed by atoms with Gasteiger partial charge >= 0.3 is 0 Å². The number of piperidine rings is 1. The van der Waals surface area contributed by atoms with E-state index in [1.54, 1.807) is 29.3 Å². The van der Waals surface area contributed by atoms with Crippen LogP contribution in [0.1, 0.15) is 33.8 Å². The van der Waals surface area contributed by atoms with Crippen LogP contribution in [0.15, 0.2) is 36.5 Å². The number of alkyl halides is 1. The molecular formula is C23H21FN6OS. The van der Waals surface area contributed by atoms with Gasteiger partial charge in [-0.1, -0.05) is 0 Å². The number of nitriles is 1. The Morgan fingerprint density at radius 1 is 1.25 bits per heavy atom. The van der Waals surface area contributed by atoms with Gasteiger partial charge in [-0.2, -0.15) is 5.26 Å². The minimum Gasteiger partial charge on any atom is -0.398 e. The highest BCUT2D eigenvalue weighted by Gasteiger charge is 2.30. The number of fused-ring (bicyclic) bond motifs is 1. The minimum absolute atomic E-state index is 0.129. The summed E-state index contributed by atoms with van der Waals surface area (Å²) < 4.78 is 13.7. The van der Waals surface area contributed by atoms with Gasteiger partial charge < -0.3 is 15.5 Å². The third-order valence-electron chi connectivity index (χ3n) is 5.86. The van der Waals surface area contributed by atoms with E-state index in [9.17, 15) is 14.4 Å². The molecule has 0 spiro atoms. The van der Waals surface area contributed by atoms with Crippen molar-refractivity contribution in [3.05, 3.63) is 52.7 Å². The molecule has 32 heavy (non-hydrogen) atoms. The molecule has 2 aliphatic rings. The van der Waals surface area contributed by atoms with Gasteiger partial charge in [0.15, 0.2) is 0 Å². The molecule has 9 heteroatoms. The van der Waals surface area contributed by atoms with Crippen molar-refractivity contribution in [1.82, 2.24) is 9.97 Å². The predicted octanol–water partition coefficient (Wildman–Crippen LogP) is 3.80. The molecule has 0 radical (unpaired) electrons. The average Bonchev–Trinajstić information content (AvgIpc) is 3.25. The largest absolute Gasteiger partial charge is 0.398 e. The number of amides is 1. The van der Waals surface area contributed by atoms with Crippen molar-refractivity contribution in [2.75, 3.05) is 35.2 Å². The molecule has 7 nitrogen and oxygen atoms in total. The van der Waals surface area contributed by atoms with Gasteiger partial charge in [0.05, 0.1) is 17.8 Å².